The summed E-state index contributed by atoms with van der Waals surface area (Å²) in [6.45, 7) is 5.13. The van der Waals surface area contributed by atoms with Gasteiger partial charge in [0.2, 0.25) is 10.0 Å². The number of benzene rings is 1. The van der Waals surface area contributed by atoms with Crippen LogP contribution in [0.25, 0.3) is 0 Å². The smallest absolute Gasteiger partial charge is 0.243 e. The molecule has 1 saturated heterocycles. The number of carbonyl (C=O) groups is 1. The number of hydrogen-bond donors (Lipinski definition) is 0. The molecular formula is C16H19N3O4S. The maximum absolute atomic E-state index is 12.7. The van der Waals surface area contributed by atoms with Crippen molar-refractivity contribution in [2.75, 3.05) is 31.1 Å². The van der Waals surface area contributed by atoms with Gasteiger partial charge in [0.05, 0.1) is 4.90 Å². The van der Waals surface area contributed by atoms with E-state index in [1.165, 1.54) is 23.4 Å². The van der Waals surface area contributed by atoms with Crippen molar-refractivity contribution in [3.8, 4) is 0 Å². The van der Waals surface area contributed by atoms with Gasteiger partial charge in [-0.05, 0) is 26.0 Å². The first-order chi connectivity index (χ1) is 11.4. The Labute approximate surface area is 140 Å². The van der Waals surface area contributed by atoms with Gasteiger partial charge >= 0.3 is 0 Å². The number of Topliss-reactive ketones (excluding diaryl/α,β-unsaturated/α-hetero) is 1. The third-order valence-electron chi connectivity index (χ3n) is 4.08. The van der Waals surface area contributed by atoms with E-state index < -0.39 is 10.0 Å². The third kappa shape index (κ3) is 3.20. The lowest BCUT2D eigenvalue weighted by Crippen LogP contribution is -2.48. The van der Waals surface area contributed by atoms with Crippen LogP contribution in [-0.4, -0.2) is 49.8 Å². The molecule has 0 radical (unpaired) electrons. The van der Waals surface area contributed by atoms with Crippen LogP contribution >= 0.6 is 0 Å². The van der Waals surface area contributed by atoms with E-state index in [2.05, 4.69) is 5.16 Å². The number of carbonyl (C=O) groups excluding carboxylic acids is 1. The Hall–Kier alpha value is -2.19. The van der Waals surface area contributed by atoms with E-state index in [1.54, 1.807) is 12.1 Å². The highest BCUT2D eigenvalue weighted by atomic mass is 32.2. The Kier molecular flexibility index (Phi) is 4.42. The number of nitrogens with zero attached hydrogens (tertiary/aromatic N) is 3. The molecule has 24 heavy (non-hydrogen) atoms. The monoisotopic (exact) mass is 349 g/mol. The summed E-state index contributed by atoms with van der Waals surface area (Å²) < 4.78 is 31.9. The van der Waals surface area contributed by atoms with Gasteiger partial charge in [-0.1, -0.05) is 17.3 Å². The van der Waals surface area contributed by atoms with Crippen molar-refractivity contribution in [2.45, 2.75) is 18.7 Å². The van der Waals surface area contributed by atoms with Crippen LogP contribution in [0.1, 0.15) is 23.0 Å². The summed E-state index contributed by atoms with van der Waals surface area (Å²) >= 11 is 0. The fraction of sp³-hybridized carbons (Fsp3) is 0.375. The molecule has 1 aliphatic rings. The Morgan fingerprint density at radius 3 is 2.25 bits per heavy atom. The number of hydrogen-bond acceptors (Lipinski definition) is 6. The van der Waals surface area contributed by atoms with Crippen molar-refractivity contribution >= 4 is 21.6 Å². The van der Waals surface area contributed by atoms with Gasteiger partial charge in [0.15, 0.2) is 11.6 Å². The molecule has 2 aromatic rings. The largest absolute Gasteiger partial charge is 0.360 e. The molecule has 128 valence electrons. The minimum absolute atomic E-state index is 0.0875. The third-order valence-corrected chi connectivity index (χ3v) is 5.99. The van der Waals surface area contributed by atoms with Crippen LogP contribution in [0.5, 0.6) is 0 Å². The number of aryl methyl sites for hydroxylation is 1. The molecule has 1 aromatic carbocycles. The molecule has 0 saturated carbocycles. The van der Waals surface area contributed by atoms with Gasteiger partial charge < -0.3 is 9.42 Å². The van der Waals surface area contributed by atoms with Crippen molar-refractivity contribution in [1.29, 1.82) is 0 Å². The van der Waals surface area contributed by atoms with Crippen LogP contribution in [0.2, 0.25) is 0 Å². The second kappa shape index (κ2) is 6.37. The van der Waals surface area contributed by atoms with Gasteiger partial charge in [-0.15, -0.1) is 0 Å². The first-order valence-corrected chi connectivity index (χ1v) is 9.11. The van der Waals surface area contributed by atoms with Crippen LogP contribution in [0, 0.1) is 6.92 Å². The molecule has 1 aromatic heterocycles. The van der Waals surface area contributed by atoms with Crippen molar-refractivity contribution in [1.82, 2.24) is 9.46 Å². The maximum Gasteiger partial charge on any atom is 0.243 e. The SMILES string of the molecule is CC(=O)c1ccc(S(=O)(=O)N2CCN(c3cc(C)on3)CC2)cc1. The summed E-state index contributed by atoms with van der Waals surface area (Å²) in [5.41, 5.74) is 0.500. The van der Waals surface area contributed by atoms with E-state index in [1.807, 2.05) is 17.9 Å². The van der Waals surface area contributed by atoms with Crippen molar-refractivity contribution in [3.63, 3.8) is 0 Å². The van der Waals surface area contributed by atoms with Crippen LogP contribution in [0.3, 0.4) is 0 Å². The van der Waals surface area contributed by atoms with E-state index in [4.69, 9.17) is 4.52 Å². The van der Waals surface area contributed by atoms with Crippen molar-refractivity contribution in [2.24, 2.45) is 0 Å². The van der Waals surface area contributed by atoms with Crippen LogP contribution < -0.4 is 4.90 Å². The predicted octanol–water partition coefficient (Wildman–Crippen LogP) is 1.70. The lowest BCUT2D eigenvalue weighted by molar-refractivity contribution is 0.101. The summed E-state index contributed by atoms with van der Waals surface area (Å²) in [5, 5.41) is 3.96. The minimum Gasteiger partial charge on any atom is -0.360 e. The van der Waals surface area contributed by atoms with Crippen molar-refractivity contribution < 1.29 is 17.7 Å². The lowest BCUT2D eigenvalue weighted by atomic mass is 10.2. The van der Waals surface area contributed by atoms with E-state index in [0.29, 0.717) is 31.7 Å². The zero-order valence-electron chi connectivity index (χ0n) is 13.6. The first kappa shape index (κ1) is 16.7. The summed E-state index contributed by atoms with van der Waals surface area (Å²) in [4.78, 5) is 13.5. The predicted molar refractivity (Wildman–Crippen MR) is 88.7 cm³/mol. The molecule has 3 rings (SSSR count). The lowest BCUT2D eigenvalue weighted by Gasteiger charge is -2.33. The second-order valence-corrected chi connectivity index (χ2v) is 7.71. The van der Waals surface area contributed by atoms with Crippen LogP contribution in [-0.2, 0) is 10.0 Å². The Morgan fingerprint density at radius 2 is 1.75 bits per heavy atom. The molecule has 0 N–H and O–H groups in total. The quantitative estimate of drug-likeness (QED) is 0.781. The highest BCUT2D eigenvalue weighted by Crippen LogP contribution is 2.21. The van der Waals surface area contributed by atoms with Gasteiger partial charge in [-0.2, -0.15) is 4.31 Å². The van der Waals surface area contributed by atoms with Crippen molar-refractivity contribution in [3.05, 3.63) is 41.7 Å². The normalized spacial score (nSPS) is 16.3. The van der Waals surface area contributed by atoms with Crippen LogP contribution in [0.15, 0.2) is 39.8 Å². The van der Waals surface area contributed by atoms with Crippen LogP contribution in [0.4, 0.5) is 5.82 Å². The number of ketones is 1. The van der Waals surface area contributed by atoms with E-state index in [-0.39, 0.29) is 10.7 Å². The average Bonchev–Trinajstić information content (AvgIpc) is 3.01. The Morgan fingerprint density at radius 1 is 1.12 bits per heavy atom. The highest BCUT2D eigenvalue weighted by Gasteiger charge is 2.29. The standard InChI is InChI=1S/C16H19N3O4S/c1-12-11-16(17-23-12)18-7-9-19(10-8-18)24(21,22)15-5-3-14(4-6-15)13(2)20/h3-6,11H,7-10H2,1-2H3. The van der Waals surface area contributed by atoms with Gasteiger partial charge in [0, 0.05) is 37.8 Å². The summed E-state index contributed by atoms with van der Waals surface area (Å²) in [5.74, 6) is 1.37. The zero-order valence-corrected chi connectivity index (χ0v) is 14.4. The van der Waals surface area contributed by atoms with Gasteiger partial charge in [-0.25, -0.2) is 8.42 Å². The second-order valence-electron chi connectivity index (χ2n) is 5.77. The summed E-state index contributed by atoms with van der Waals surface area (Å²) in [7, 11) is -3.55. The molecule has 1 aliphatic heterocycles. The molecule has 0 spiro atoms. The van der Waals surface area contributed by atoms with E-state index >= 15 is 0 Å². The molecule has 8 heteroatoms. The number of rotatable bonds is 4. The molecule has 0 amide bonds. The number of piperazine rings is 1. The summed E-state index contributed by atoms with van der Waals surface area (Å²) in [6.07, 6.45) is 0. The molecule has 7 nitrogen and oxygen atoms in total. The molecule has 0 atom stereocenters. The Bertz CT molecular complexity index is 834. The number of aromatic nitrogens is 1. The fourth-order valence-electron chi connectivity index (χ4n) is 2.67. The Balaban J connectivity index is 1.71. The summed E-state index contributed by atoms with van der Waals surface area (Å²) in [6, 6.07) is 7.90. The van der Waals surface area contributed by atoms with Gasteiger partial charge in [0.1, 0.15) is 5.76 Å². The molecular weight excluding hydrogens is 330 g/mol. The molecule has 0 bridgehead atoms. The first-order valence-electron chi connectivity index (χ1n) is 7.67. The topological polar surface area (TPSA) is 83.7 Å². The minimum atomic E-state index is -3.55. The maximum atomic E-state index is 12.7. The molecule has 2 heterocycles. The zero-order chi connectivity index (χ0) is 17.3. The number of anilines is 1. The van der Waals surface area contributed by atoms with Gasteiger partial charge in [0.25, 0.3) is 0 Å². The molecule has 0 unspecified atom stereocenters. The van der Waals surface area contributed by atoms with E-state index in [9.17, 15) is 13.2 Å². The fourth-order valence-corrected chi connectivity index (χ4v) is 4.09. The van der Waals surface area contributed by atoms with E-state index in [0.717, 1.165) is 11.6 Å². The number of sulfonamides is 1. The average molecular weight is 349 g/mol. The molecule has 1 fully saturated rings. The molecule has 0 aliphatic carbocycles. The highest BCUT2D eigenvalue weighted by molar-refractivity contribution is 7.89. The van der Waals surface area contributed by atoms with Gasteiger partial charge in [-0.3, -0.25) is 4.79 Å².